The van der Waals surface area contributed by atoms with Crippen molar-refractivity contribution in [1.29, 1.82) is 0 Å². The smallest absolute Gasteiger partial charge is 0.289 e. The molecular formula is C9H7Cl2NO4S. The van der Waals surface area contributed by atoms with Gasteiger partial charge in [-0.3, -0.25) is 9.59 Å². The van der Waals surface area contributed by atoms with E-state index in [1.807, 2.05) is 0 Å². The minimum Gasteiger partial charge on any atom is -0.289 e. The van der Waals surface area contributed by atoms with Crippen molar-refractivity contribution in [3.63, 3.8) is 0 Å². The molecule has 5 nitrogen and oxygen atoms in total. The molecule has 0 saturated heterocycles. The van der Waals surface area contributed by atoms with Crippen LogP contribution in [-0.2, 0) is 19.6 Å². The number of nitrogens with one attached hydrogen (secondary N) is 1. The van der Waals surface area contributed by atoms with Crippen LogP contribution in [0.25, 0.3) is 0 Å². The van der Waals surface area contributed by atoms with Gasteiger partial charge in [0, 0.05) is 11.9 Å². The summed E-state index contributed by atoms with van der Waals surface area (Å²) in [6.45, 7) is 0.949. The van der Waals surface area contributed by atoms with E-state index in [2.05, 4.69) is 0 Å². The summed E-state index contributed by atoms with van der Waals surface area (Å²) in [5.74, 6) is -2.16. The van der Waals surface area contributed by atoms with Crippen molar-refractivity contribution in [2.45, 2.75) is 11.8 Å². The van der Waals surface area contributed by atoms with Crippen LogP contribution in [0.2, 0.25) is 10.0 Å². The van der Waals surface area contributed by atoms with Crippen LogP contribution >= 0.6 is 23.2 Å². The summed E-state index contributed by atoms with van der Waals surface area (Å²) in [7, 11) is -4.19. The lowest BCUT2D eigenvalue weighted by Crippen LogP contribution is -2.34. The van der Waals surface area contributed by atoms with Crippen LogP contribution in [0.3, 0.4) is 0 Å². The number of carbonyl (C=O) groups is 2. The molecule has 0 spiro atoms. The average Bonchev–Trinajstić information content (AvgIpc) is 2.20. The van der Waals surface area contributed by atoms with E-state index < -0.39 is 21.7 Å². The molecule has 0 aliphatic carbocycles. The molecule has 17 heavy (non-hydrogen) atoms. The van der Waals surface area contributed by atoms with Crippen LogP contribution in [0.15, 0.2) is 23.1 Å². The number of rotatable bonds is 3. The fourth-order valence-electron chi connectivity index (χ4n) is 0.932. The molecule has 1 rings (SSSR count). The van der Waals surface area contributed by atoms with E-state index in [1.54, 1.807) is 4.72 Å². The van der Waals surface area contributed by atoms with E-state index in [0.717, 1.165) is 13.0 Å². The summed E-state index contributed by atoms with van der Waals surface area (Å²) in [5.41, 5.74) is 0. The number of sulfonamides is 1. The highest BCUT2D eigenvalue weighted by molar-refractivity contribution is 7.90. The van der Waals surface area contributed by atoms with Crippen molar-refractivity contribution in [2.24, 2.45) is 0 Å². The maximum Gasteiger partial charge on any atom is 0.300 e. The molecule has 0 fully saturated rings. The molecule has 8 heteroatoms. The van der Waals surface area contributed by atoms with E-state index in [-0.39, 0.29) is 14.9 Å². The van der Waals surface area contributed by atoms with Gasteiger partial charge in [-0.1, -0.05) is 23.2 Å². The Kier molecular flexibility index (Phi) is 4.13. The number of carbonyl (C=O) groups excluding carboxylic acids is 2. The molecule has 0 radical (unpaired) electrons. The second-order valence-corrected chi connectivity index (χ2v) is 5.56. The monoisotopic (exact) mass is 295 g/mol. The average molecular weight is 296 g/mol. The molecule has 0 unspecified atom stereocenters. The van der Waals surface area contributed by atoms with E-state index in [1.165, 1.54) is 12.1 Å². The normalized spacial score (nSPS) is 11.0. The maximum atomic E-state index is 11.7. The summed E-state index contributed by atoms with van der Waals surface area (Å²) in [5, 5.41) is 0.0447. The lowest BCUT2D eigenvalue weighted by atomic mass is 10.4. The van der Waals surface area contributed by atoms with Crippen molar-refractivity contribution in [3.8, 4) is 0 Å². The standard InChI is InChI=1S/C9H7Cl2NO4S/c1-5(13)9(14)12-17(15,16)8-4-6(10)2-3-7(8)11/h2-4H,1H3,(H,12,14). The number of hydrogen-bond acceptors (Lipinski definition) is 4. The third kappa shape index (κ3) is 3.42. The Morgan fingerprint density at radius 2 is 1.82 bits per heavy atom. The minimum atomic E-state index is -4.19. The molecular weight excluding hydrogens is 289 g/mol. The molecule has 1 aromatic carbocycles. The Bertz CT molecular complexity index is 583. The van der Waals surface area contributed by atoms with Crippen LogP contribution in [-0.4, -0.2) is 20.1 Å². The first-order chi connectivity index (χ1) is 7.74. The summed E-state index contributed by atoms with van der Waals surface area (Å²) < 4.78 is 25.0. The van der Waals surface area contributed by atoms with E-state index in [0.29, 0.717) is 0 Å². The molecule has 0 atom stereocenters. The van der Waals surface area contributed by atoms with Crippen molar-refractivity contribution in [3.05, 3.63) is 28.2 Å². The van der Waals surface area contributed by atoms with Crippen LogP contribution in [0.4, 0.5) is 0 Å². The maximum absolute atomic E-state index is 11.7. The molecule has 1 amide bonds. The Labute approximate surface area is 108 Å². The first kappa shape index (κ1) is 14.0. The molecule has 0 aromatic heterocycles. The summed E-state index contributed by atoms with van der Waals surface area (Å²) in [4.78, 5) is 21.3. The Hall–Kier alpha value is -1.11. The number of ketones is 1. The van der Waals surface area contributed by atoms with E-state index in [4.69, 9.17) is 23.2 Å². The van der Waals surface area contributed by atoms with Gasteiger partial charge in [-0.05, 0) is 18.2 Å². The fourth-order valence-corrected chi connectivity index (χ4v) is 2.70. The zero-order valence-electron chi connectivity index (χ0n) is 8.53. The van der Waals surface area contributed by atoms with Gasteiger partial charge in [0.05, 0.1) is 5.02 Å². The third-order valence-electron chi connectivity index (χ3n) is 1.73. The van der Waals surface area contributed by atoms with Crippen molar-refractivity contribution < 1.29 is 18.0 Å². The van der Waals surface area contributed by atoms with E-state index in [9.17, 15) is 18.0 Å². The van der Waals surface area contributed by atoms with Crippen molar-refractivity contribution in [2.75, 3.05) is 0 Å². The lowest BCUT2D eigenvalue weighted by Gasteiger charge is -2.07. The van der Waals surface area contributed by atoms with Gasteiger partial charge < -0.3 is 0 Å². The quantitative estimate of drug-likeness (QED) is 0.855. The second-order valence-electron chi connectivity index (χ2n) is 3.07. The predicted molar refractivity (Wildman–Crippen MR) is 62.5 cm³/mol. The van der Waals surface area contributed by atoms with Gasteiger partial charge in [0.1, 0.15) is 4.90 Å². The number of amides is 1. The van der Waals surface area contributed by atoms with Gasteiger partial charge in [-0.15, -0.1) is 0 Å². The molecule has 0 aliphatic heterocycles. The number of hydrogen-bond donors (Lipinski definition) is 1. The summed E-state index contributed by atoms with van der Waals surface area (Å²) in [6.07, 6.45) is 0. The third-order valence-corrected chi connectivity index (χ3v) is 3.78. The van der Waals surface area contributed by atoms with Crippen molar-refractivity contribution >= 4 is 44.9 Å². The Morgan fingerprint density at radius 1 is 1.24 bits per heavy atom. The molecule has 92 valence electrons. The van der Waals surface area contributed by atoms with Gasteiger partial charge >= 0.3 is 5.91 Å². The predicted octanol–water partition coefficient (Wildman–Crippen LogP) is 1.39. The first-order valence-electron chi connectivity index (χ1n) is 4.27. The first-order valence-corrected chi connectivity index (χ1v) is 6.50. The van der Waals surface area contributed by atoms with E-state index >= 15 is 0 Å². The highest BCUT2D eigenvalue weighted by atomic mass is 35.5. The van der Waals surface area contributed by atoms with Crippen LogP contribution in [0, 0.1) is 0 Å². The topological polar surface area (TPSA) is 80.3 Å². The van der Waals surface area contributed by atoms with Gasteiger partial charge in [0.25, 0.3) is 10.0 Å². The molecule has 0 saturated carbocycles. The second kappa shape index (κ2) is 5.03. The molecule has 0 heterocycles. The SMILES string of the molecule is CC(=O)C(=O)NS(=O)(=O)c1cc(Cl)ccc1Cl. The fraction of sp³-hybridized carbons (Fsp3) is 0.111. The largest absolute Gasteiger partial charge is 0.300 e. The van der Waals surface area contributed by atoms with Gasteiger partial charge in [-0.2, -0.15) is 0 Å². The summed E-state index contributed by atoms with van der Waals surface area (Å²) >= 11 is 11.3. The minimum absolute atomic E-state index is 0.0988. The highest BCUT2D eigenvalue weighted by Gasteiger charge is 2.22. The van der Waals surface area contributed by atoms with Gasteiger partial charge in [-0.25, -0.2) is 13.1 Å². The molecule has 0 aliphatic rings. The summed E-state index contributed by atoms with van der Waals surface area (Å²) in [6, 6.07) is 3.76. The number of halogens is 2. The number of Topliss-reactive ketones (excluding diaryl/α,β-unsaturated/α-hetero) is 1. The zero-order valence-corrected chi connectivity index (χ0v) is 10.9. The van der Waals surface area contributed by atoms with Crippen molar-refractivity contribution in [1.82, 2.24) is 4.72 Å². The van der Waals surface area contributed by atoms with Gasteiger partial charge in [0.2, 0.25) is 5.78 Å². The molecule has 1 aromatic rings. The van der Waals surface area contributed by atoms with Crippen LogP contribution in [0.1, 0.15) is 6.92 Å². The number of benzene rings is 1. The molecule has 1 N–H and O–H groups in total. The zero-order chi connectivity index (χ0) is 13.2. The Balaban J connectivity index is 3.18. The molecule has 0 bridgehead atoms. The lowest BCUT2D eigenvalue weighted by molar-refractivity contribution is -0.135. The Morgan fingerprint density at radius 3 is 2.35 bits per heavy atom. The van der Waals surface area contributed by atoms with Crippen LogP contribution < -0.4 is 4.72 Å². The van der Waals surface area contributed by atoms with Crippen LogP contribution in [0.5, 0.6) is 0 Å². The van der Waals surface area contributed by atoms with Gasteiger partial charge in [0.15, 0.2) is 0 Å². The highest BCUT2D eigenvalue weighted by Crippen LogP contribution is 2.24.